The zero-order valence-corrected chi connectivity index (χ0v) is 17.1. The quantitative estimate of drug-likeness (QED) is 0.772. The zero-order chi connectivity index (χ0) is 19.6. The van der Waals surface area contributed by atoms with Gasteiger partial charge in [0.2, 0.25) is 0 Å². The second-order valence-electron chi connectivity index (χ2n) is 8.44. The molecule has 1 spiro atoms. The molecular weight excluding hydrogens is 338 g/mol. The van der Waals surface area contributed by atoms with E-state index in [9.17, 15) is 9.59 Å². The first kappa shape index (κ1) is 19.9. The van der Waals surface area contributed by atoms with Crippen LogP contribution < -0.4 is 5.32 Å². The van der Waals surface area contributed by atoms with Crippen molar-refractivity contribution in [2.75, 3.05) is 13.2 Å². The van der Waals surface area contributed by atoms with E-state index >= 15 is 0 Å². The van der Waals surface area contributed by atoms with Gasteiger partial charge < -0.3 is 5.32 Å². The van der Waals surface area contributed by atoms with Crippen molar-refractivity contribution in [2.24, 2.45) is 11.8 Å². The highest BCUT2D eigenvalue weighted by atomic mass is 16.2. The fourth-order valence-corrected chi connectivity index (χ4v) is 4.75. The molecule has 1 aliphatic carbocycles. The van der Waals surface area contributed by atoms with E-state index in [4.69, 9.17) is 0 Å². The molecule has 0 bridgehead atoms. The van der Waals surface area contributed by atoms with E-state index in [-0.39, 0.29) is 23.8 Å². The molecule has 0 aromatic heterocycles. The molecule has 1 aromatic carbocycles. The molecule has 0 radical (unpaired) electrons. The predicted molar refractivity (Wildman–Crippen MR) is 107 cm³/mol. The first-order valence-electron chi connectivity index (χ1n) is 10.3. The lowest BCUT2D eigenvalue weighted by Crippen LogP contribution is -2.59. The Labute approximate surface area is 163 Å². The Kier molecular flexibility index (Phi) is 5.89. The summed E-state index contributed by atoms with van der Waals surface area (Å²) in [4.78, 5) is 29.8. The summed E-state index contributed by atoms with van der Waals surface area (Å²) >= 11 is 0. The van der Waals surface area contributed by atoms with Crippen molar-refractivity contribution in [1.29, 1.82) is 0 Å². The number of urea groups is 1. The van der Waals surface area contributed by atoms with Gasteiger partial charge in [0.25, 0.3) is 5.91 Å². The summed E-state index contributed by atoms with van der Waals surface area (Å²) in [5.41, 5.74) is 1.73. The van der Waals surface area contributed by atoms with Crippen LogP contribution in [0.25, 0.3) is 0 Å². The fourth-order valence-electron chi connectivity index (χ4n) is 4.75. The van der Waals surface area contributed by atoms with Crippen LogP contribution in [0.4, 0.5) is 4.79 Å². The van der Waals surface area contributed by atoms with Crippen molar-refractivity contribution < 1.29 is 9.59 Å². The van der Waals surface area contributed by atoms with E-state index in [2.05, 4.69) is 62.2 Å². The zero-order valence-electron chi connectivity index (χ0n) is 17.1. The number of hydrogen-bond acceptors (Lipinski definition) is 3. The molecule has 3 atom stereocenters. The minimum absolute atomic E-state index is 0.0304. The molecule has 1 heterocycles. The summed E-state index contributed by atoms with van der Waals surface area (Å²) in [5.74, 6) is 0.330. The van der Waals surface area contributed by atoms with Crippen LogP contribution in [0.2, 0.25) is 0 Å². The number of hydrogen-bond donors (Lipinski definition) is 1. The Bertz CT molecular complexity index is 675. The van der Waals surface area contributed by atoms with Gasteiger partial charge in [-0.05, 0) is 50.1 Å². The molecule has 1 aliphatic heterocycles. The maximum absolute atomic E-state index is 13.4. The molecule has 1 saturated heterocycles. The number of amides is 3. The van der Waals surface area contributed by atoms with E-state index in [0.29, 0.717) is 6.67 Å². The van der Waals surface area contributed by atoms with Crippen molar-refractivity contribution in [3.8, 4) is 0 Å². The number of imide groups is 1. The molecule has 5 heteroatoms. The summed E-state index contributed by atoms with van der Waals surface area (Å²) < 4.78 is 0. The molecule has 3 rings (SSSR count). The lowest BCUT2D eigenvalue weighted by atomic mass is 9.67. The number of carbonyl (C=O) groups excluding carboxylic acids is 2. The molecule has 1 N–H and O–H groups in total. The van der Waals surface area contributed by atoms with E-state index in [1.54, 1.807) is 0 Å². The predicted octanol–water partition coefficient (Wildman–Crippen LogP) is 3.91. The van der Waals surface area contributed by atoms with Gasteiger partial charge in [0, 0.05) is 6.54 Å². The molecule has 1 unspecified atom stereocenters. The summed E-state index contributed by atoms with van der Waals surface area (Å²) in [6.45, 7) is 10.4. The molecule has 3 amide bonds. The summed E-state index contributed by atoms with van der Waals surface area (Å²) in [5, 5.41) is 3.10. The number of carbonyl (C=O) groups is 2. The third-order valence-corrected chi connectivity index (χ3v) is 6.39. The Morgan fingerprint density at radius 1 is 1.15 bits per heavy atom. The molecule has 5 nitrogen and oxygen atoms in total. The Hall–Kier alpha value is -1.88. The van der Waals surface area contributed by atoms with Gasteiger partial charge in [-0.2, -0.15) is 0 Å². The third-order valence-electron chi connectivity index (χ3n) is 6.39. The Balaban J connectivity index is 1.76. The van der Waals surface area contributed by atoms with E-state index in [0.717, 1.165) is 38.8 Å². The van der Waals surface area contributed by atoms with Gasteiger partial charge in [0.05, 0.1) is 6.67 Å². The Morgan fingerprint density at radius 3 is 2.37 bits per heavy atom. The Morgan fingerprint density at radius 2 is 1.78 bits per heavy atom. The number of nitrogens with one attached hydrogen (secondary N) is 1. The number of benzene rings is 1. The summed E-state index contributed by atoms with van der Waals surface area (Å²) in [6, 6.07) is 8.22. The lowest BCUT2D eigenvalue weighted by molar-refractivity contribution is -0.138. The van der Waals surface area contributed by atoms with Gasteiger partial charge in [0.1, 0.15) is 5.54 Å². The van der Waals surface area contributed by atoms with Crippen molar-refractivity contribution in [3.63, 3.8) is 0 Å². The molecule has 27 heavy (non-hydrogen) atoms. The second-order valence-corrected chi connectivity index (χ2v) is 8.44. The van der Waals surface area contributed by atoms with E-state index < -0.39 is 5.54 Å². The van der Waals surface area contributed by atoms with Crippen LogP contribution in [0.1, 0.15) is 57.6 Å². The van der Waals surface area contributed by atoms with Crippen LogP contribution in [-0.2, 0) is 11.3 Å². The van der Waals surface area contributed by atoms with Gasteiger partial charge in [-0.3, -0.25) is 9.69 Å². The maximum atomic E-state index is 13.4. The van der Waals surface area contributed by atoms with Crippen LogP contribution >= 0.6 is 0 Å². The minimum atomic E-state index is -0.711. The van der Waals surface area contributed by atoms with Gasteiger partial charge in [-0.25, -0.2) is 9.69 Å². The highest BCUT2D eigenvalue weighted by Gasteiger charge is 2.58. The molecule has 1 aromatic rings. The van der Waals surface area contributed by atoms with Gasteiger partial charge >= 0.3 is 6.03 Å². The van der Waals surface area contributed by atoms with Crippen LogP contribution in [0.5, 0.6) is 0 Å². The van der Waals surface area contributed by atoms with Crippen molar-refractivity contribution in [3.05, 3.63) is 35.4 Å². The summed E-state index contributed by atoms with van der Waals surface area (Å²) in [7, 11) is 0. The molecule has 2 aliphatic rings. The third kappa shape index (κ3) is 3.75. The van der Waals surface area contributed by atoms with Crippen LogP contribution in [0, 0.1) is 18.8 Å². The maximum Gasteiger partial charge on any atom is 0.326 e. The highest BCUT2D eigenvalue weighted by Crippen LogP contribution is 2.42. The smallest absolute Gasteiger partial charge is 0.323 e. The first-order valence-corrected chi connectivity index (χ1v) is 10.3. The molecule has 1 saturated carbocycles. The minimum Gasteiger partial charge on any atom is -0.323 e. The van der Waals surface area contributed by atoms with Crippen molar-refractivity contribution in [1.82, 2.24) is 15.1 Å². The van der Waals surface area contributed by atoms with E-state index in [1.165, 1.54) is 16.0 Å². The fraction of sp³-hybridized carbons (Fsp3) is 0.636. The lowest BCUT2D eigenvalue weighted by Gasteiger charge is -2.42. The van der Waals surface area contributed by atoms with Crippen molar-refractivity contribution >= 4 is 11.9 Å². The van der Waals surface area contributed by atoms with Crippen LogP contribution in [0.15, 0.2) is 24.3 Å². The normalized spacial score (nSPS) is 28.3. The average molecular weight is 372 g/mol. The second kappa shape index (κ2) is 8.01. The average Bonchev–Trinajstić information content (AvgIpc) is 2.88. The van der Waals surface area contributed by atoms with E-state index in [1.807, 2.05) is 0 Å². The largest absolute Gasteiger partial charge is 0.326 e. The summed E-state index contributed by atoms with van der Waals surface area (Å²) in [6.07, 6.45) is 4.09. The monoisotopic (exact) mass is 371 g/mol. The van der Waals surface area contributed by atoms with Gasteiger partial charge in [-0.1, -0.05) is 57.0 Å². The van der Waals surface area contributed by atoms with Crippen LogP contribution in [-0.4, -0.2) is 40.5 Å². The number of aryl methyl sites for hydroxylation is 1. The molecule has 2 fully saturated rings. The standard InChI is InChI=1S/C22H33N3O2/c1-5-13-24(14-19-11-9-16(2)10-12-19)15-25-20(26)22(23-21(25)27)17(3)7-6-8-18(22)4/h9-12,17-18H,5-8,13-15H2,1-4H3,(H,23,27)/t17-,18+,22?. The van der Waals surface area contributed by atoms with Crippen molar-refractivity contribution in [2.45, 2.75) is 65.5 Å². The van der Waals surface area contributed by atoms with Gasteiger partial charge in [-0.15, -0.1) is 0 Å². The SMILES string of the molecule is CCCN(Cc1ccc(C)cc1)CN1C(=O)NC2(C1=O)[C@H](C)CCC[C@@H]2C. The number of nitrogens with zero attached hydrogens (tertiary/aromatic N) is 2. The first-order chi connectivity index (χ1) is 12.9. The topological polar surface area (TPSA) is 52.6 Å². The number of rotatable bonds is 6. The van der Waals surface area contributed by atoms with Gasteiger partial charge in [0.15, 0.2) is 0 Å². The van der Waals surface area contributed by atoms with Crippen LogP contribution in [0.3, 0.4) is 0 Å². The highest BCUT2D eigenvalue weighted by molar-refractivity contribution is 6.07. The molecule has 148 valence electrons. The molecular formula is C22H33N3O2.